The van der Waals surface area contributed by atoms with Crippen LogP contribution >= 0.6 is 0 Å². The maximum atomic E-state index is 7.18. The standard InChI is InChI=1S/C14H23N3/c1-3-17(10-5-4-9-14(15)16)13-8-6-7-12(2)11-13/h6-8,11H,3-5,9-10H2,1-2H3,(H3,15,16). The zero-order chi connectivity index (χ0) is 12.7. The Morgan fingerprint density at radius 3 is 2.71 bits per heavy atom. The van der Waals surface area contributed by atoms with Crippen LogP contribution in [-0.4, -0.2) is 18.9 Å². The quantitative estimate of drug-likeness (QED) is 0.432. The minimum Gasteiger partial charge on any atom is -0.388 e. The lowest BCUT2D eigenvalue weighted by atomic mass is 10.2. The maximum Gasteiger partial charge on any atom is 0.0905 e. The van der Waals surface area contributed by atoms with E-state index in [1.165, 1.54) is 11.3 Å². The van der Waals surface area contributed by atoms with Crippen LogP contribution in [-0.2, 0) is 0 Å². The Hall–Kier alpha value is -1.51. The third-order valence-corrected chi connectivity index (χ3v) is 2.87. The Labute approximate surface area is 104 Å². The van der Waals surface area contributed by atoms with E-state index in [0.29, 0.717) is 12.3 Å². The van der Waals surface area contributed by atoms with E-state index in [4.69, 9.17) is 11.1 Å². The number of hydrogen-bond donors (Lipinski definition) is 2. The van der Waals surface area contributed by atoms with E-state index < -0.39 is 0 Å². The number of hydrogen-bond acceptors (Lipinski definition) is 2. The van der Waals surface area contributed by atoms with Crippen LogP contribution < -0.4 is 10.6 Å². The lowest BCUT2D eigenvalue weighted by molar-refractivity contribution is 0.711. The van der Waals surface area contributed by atoms with Gasteiger partial charge in [-0.05, 0) is 44.4 Å². The van der Waals surface area contributed by atoms with Gasteiger partial charge in [0, 0.05) is 25.2 Å². The summed E-state index contributed by atoms with van der Waals surface area (Å²) in [4.78, 5) is 2.37. The van der Waals surface area contributed by atoms with Gasteiger partial charge in [0.1, 0.15) is 0 Å². The Morgan fingerprint density at radius 1 is 1.35 bits per heavy atom. The van der Waals surface area contributed by atoms with E-state index >= 15 is 0 Å². The molecule has 3 nitrogen and oxygen atoms in total. The normalized spacial score (nSPS) is 10.2. The summed E-state index contributed by atoms with van der Waals surface area (Å²) in [5, 5.41) is 7.18. The van der Waals surface area contributed by atoms with Gasteiger partial charge in [-0.1, -0.05) is 12.1 Å². The highest BCUT2D eigenvalue weighted by Gasteiger charge is 2.03. The summed E-state index contributed by atoms with van der Waals surface area (Å²) in [5.74, 6) is 0.295. The summed E-state index contributed by atoms with van der Waals surface area (Å²) in [6.07, 6.45) is 2.80. The van der Waals surface area contributed by atoms with E-state index in [0.717, 1.165) is 25.9 Å². The summed E-state index contributed by atoms with van der Waals surface area (Å²) in [6, 6.07) is 8.59. The van der Waals surface area contributed by atoms with Crippen molar-refractivity contribution in [1.29, 1.82) is 5.41 Å². The molecular weight excluding hydrogens is 210 g/mol. The Bertz CT molecular complexity index is 360. The van der Waals surface area contributed by atoms with Crippen LogP contribution in [0.15, 0.2) is 24.3 Å². The molecule has 0 aliphatic rings. The van der Waals surface area contributed by atoms with Crippen molar-refractivity contribution < 1.29 is 0 Å². The molecule has 0 radical (unpaired) electrons. The van der Waals surface area contributed by atoms with Crippen molar-refractivity contribution in [2.45, 2.75) is 33.1 Å². The molecule has 0 spiro atoms. The molecule has 0 aliphatic carbocycles. The fourth-order valence-electron chi connectivity index (χ4n) is 1.91. The van der Waals surface area contributed by atoms with Crippen LogP contribution in [0.2, 0.25) is 0 Å². The molecule has 1 aromatic carbocycles. The van der Waals surface area contributed by atoms with Gasteiger partial charge in [0.05, 0.1) is 5.84 Å². The van der Waals surface area contributed by atoms with Crippen molar-refractivity contribution in [3.63, 3.8) is 0 Å². The second kappa shape index (κ2) is 6.94. The van der Waals surface area contributed by atoms with Crippen molar-refractivity contribution in [1.82, 2.24) is 0 Å². The summed E-state index contributed by atoms with van der Waals surface area (Å²) >= 11 is 0. The number of nitrogens with two attached hydrogens (primary N) is 1. The summed E-state index contributed by atoms with van der Waals surface area (Å²) in [6.45, 7) is 6.34. The van der Waals surface area contributed by atoms with Crippen LogP contribution in [0, 0.1) is 12.3 Å². The van der Waals surface area contributed by atoms with Gasteiger partial charge in [0.25, 0.3) is 0 Å². The van der Waals surface area contributed by atoms with Gasteiger partial charge in [-0.2, -0.15) is 0 Å². The number of amidine groups is 1. The van der Waals surface area contributed by atoms with Gasteiger partial charge in [0.2, 0.25) is 0 Å². The minimum atomic E-state index is 0.295. The molecule has 3 heteroatoms. The monoisotopic (exact) mass is 233 g/mol. The third-order valence-electron chi connectivity index (χ3n) is 2.87. The topological polar surface area (TPSA) is 53.1 Å². The second-order valence-corrected chi connectivity index (χ2v) is 4.40. The predicted octanol–water partition coefficient (Wildman–Crippen LogP) is 2.93. The predicted molar refractivity (Wildman–Crippen MR) is 74.8 cm³/mol. The maximum absolute atomic E-state index is 7.18. The first kappa shape index (κ1) is 13.6. The highest BCUT2D eigenvalue weighted by molar-refractivity contribution is 5.76. The molecule has 0 aliphatic heterocycles. The van der Waals surface area contributed by atoms with Gasteiger partial charge in [0.15, 0.2) is 0 Å². The summed E-state index contributed by atoms with van der Waals surface area (Å²) < 4.78 is 0. The third kappa shape index (κ3) is 4.89. The van der Waals surface area contributed by atoms with E-state index in [1.54, 1.807) is 0 Å². The molecule has 0 fully saturated rings. The SMILES string of the molecule is CCN(CCCCC(=N)N)c1cccc(C)c1. The van der Waals surface area contributed by atoms with Gasteiger partial charge in [-0.15, -0.1) is 0 Å². The smallest absolute Gasteiger partial charge is 0.0905 e. The van der Waals surface area contributed by atoms with Gasteiger partial charge in [-0.25, -0.2) is 0 Å². The molecule has 1 aromatic rings. The Balaban J connectivity index is 2.45. The van der Waals surface area contributed by atoms with Crippen LogP contribution in [0.5, 0.6) is 0 Å². The lowest BCUT2D eigenvalue weighted by Crippen LogP contribution is -2.24. The van der Waals surface area contributed by atoms with E-state index in [-0.39, 0.29) is 0 Å². The molecule has 3 N–H and O–H groups in total. The molecule has 94 valence electrons. The lowest BCUT2D eigenvalue weighted by Gasteiger charge is -2.23. The Morgan fingerprint density at radius 2 is 2.12 bits per heavy atom. The number of aryl methyl sites for hydroxylation is 1. The average molecular weight is 233 g/mol. The van der Waals surface area contributed by atoms with Crippen LogP contribution in [0.25, 0.3) is 0 Å². The molecule has 0 unspecified atom stereocenters. The first-order valence-corrected chi connectivity index (χ1v) is 6.28. The molecule has 0 atom stereocenters. The summed E-state index contributed by atoms with van der Waals surface area (Å²) in [5.41, 5.74) is 7.93. The number of nitrogens with zero attached hydrogens (tertiary/aromatic N) is 1. The molecule has 1 rings (SSSR count). The summed E-state index contributed by atoms with van der Waals surface area (Å²) in [7, 11) is 0. The van der Waals surface area contributed by atoms with Crippen molar-refractivity contribution in [2.75, 3.05) is 18.0 Å². The van der Waals surface area contributed by atoms with Crippen molar-refractivity contribution in [3.8, 4) is 0 Å². The van der Waals surface area contributed by atoms with Crippen LogP contribution in [0.4, 0.5) is 5.69 Å². The molecule has 0 heterocycles. The molecule has 0 bridgehead atoms. The largest absolute Gasteiger partial charge is 0.388 e. The zero-order valence-electron chi connectivity index (χ0n) is 10.9. The fraction of sp³-hybridized carbons (Fsp3) is 0.500. The molecular formula is C14H23N3. The molecule has 0 aromatic heterocycles. The molecule has 0 saturated heterocycles. The molecule has 0 amide bonds. The molecule has 17 heavy (non-hydrogen) atoms. The van der Waals surface area contributed by atoms with Gasteiger partial charge < -0.3 is 10.6 Å². The van der Waals surface area contributed by atoms with Crippen molar-refractivity contribution in [2.24, 2.45) is 5.73 Å². The molecule has 0 saturated carbocycles. The number of unbranched alkanes of at least 4 members (excludes halogenated alkanes) is 1. The van der Waals surface area contributed by atoms with Crippen molar-refractivity contribution >= 4 is 11.5 Å². The first-order chi connectivity index (χ1) is 8.13. The van der Waals surface area contributed by atoms with Crippen LogP contribution in [0.3, 0.4) is 0 Å². The van der Waals surface area contributed by atoms with Crippen LogP contribution in [0.1, 0.15) is 31.7 Å². The highest BCUT2D eigenvalue weighted by Crippen LogP contribution is 2.16. The number of anilines is 1. The minimum absolute atomic E-state index is 0.295. The highest BCUT2D eigenvalue weighted by atomic mass is 15.1. The second-order valence-electron chi connectivity index (χ2n) is 4.40. The first-order valence-electron chi connectivity index (χ1n) is 6.28. The van der Waals surface area contributed by atoms with Gasteiger partial charge >= 0.3 is 0 Å². The number of nitrogens with one attached hydrogen (secondary N) is 1. The van der Waals surface area contributed by atoms with E-state index in [9.17, 15) is 0 Å². The average Bonchev–Trinajstić information content (AvgIpc) is 2.29. The van der Waals surface area contributed by atoms with E-state index in [1.807, 2.05) is 0 Å². The van der Waals surface area contributed by atoms with E-state index in [2.05, 4.69) is 43.0 Å². The number of benzene rings is 1. The fourth-order valence-corrected chi connectivity index (χ4v) is 1.91. The number of rotatable bonds is 7. The van der Waals surface area contributed by atoms with Gasteiger partial charge in [-0.3, -0.25) is 5.41 Å². The Kier molecular flexibility index (Phi) is 5.53. The van der Waals surface area contributed by atoms with Crippen molar-refractivity contribution in [3.05, 3.63) is 29.8 Å². The zero-order valence-corrected chi connectivity index (χ0v) is 10.9.